The van der Waals surface area contributed by atoms with Gasteiger partial charge in [0, 0.05) is 30.3 Å². The maximum Gasteiger partial charge on any atom is 0.0701 e. The van der Waals surface area contributed by atoms with Crippen molar-refractivity contribution in [2.75, 3.05) is 11.9 Å². The molecular weight excluding hydrogens is 344 g/mol. The first-order valence-corrected chi connectivity index (χ1v) is 8.01. The number of hydrogen-bond acceptors (Lipinski definition) is 3. The normalized spacial score (nSPS) is 12.5. The Labute approximate surface area is 131 Å². The van der Waals surface area contributed by atoms with Gasteiger partial charge in [0.1, 0.15) is 0 Å². The van der Waals surface area contributed by atoms with Gasteiger partial charge in [-0.2, -0.15) is 0 Å². The maximum atomic E-state index is 6.26. The number of rotatable bonds is 4. The molecule has 0 fully saturated rings. The van der Waals surface area contributed by atoms with E-state index in [-0.39, 0.29) is 6.04 Å². The lowest BCUT2D eigenvalue weighted by Gasteiger charge is -2.20. The molecule has 0 saturated heterocycles. The van der Waals surface area contributed by atoms with Crippen LogP contribution in [-0.4, -0.2) is 7.05 Å². The van der Waals surface area contributed by atoms with Crippen molar-refractivity contribution in [2.45, 2.75) is 19.5 Å². The van der Waals surface area contributed by atoms with Crippen molar-refractivity contribution in [1.82, 2.24) is 0 Å². The number of halogens is 2. The summed E-state index contributed by atoms with van der Waals surface area (Å²) in [5.74, 6) is 0. The molecule has 2 N–H and O–H groups in total. The maximum absolute atomic E-state index is 6.26. The van der Waals surface area contributed by atoms with E-state index >= 15 is 0 Å². The molecule has 102 valence electrons. The highest BCUT2D eigenvalue weighted by Crippen LogP contribution is 2.28. The molecule has 2 rings (SSSR count). The Morgan fingerprint density at radius 1 is 1.42 bits per heavy atom. The molecule has 1 aromatic heterocycles. The summed E-state index contributed by atoms with van der Waals surface area (Å²) in [7, 11) is 2.06. The lowest BCUT2D eigenvalue weighted by Crippen LogP contribution is -2.16. The van der Waals surface area contributed by atoms with Gasteiger partial charge in [-0.15, -0.1) is 11.3 Å². The van der Waals surface area contributed by atoms with E-state index < -0.39 is 0 Å². The Morgan fingerprint density at radius 3 is 2.68 bits per heavy atom. The lowest BCUT2D eigenvalue weighted by atomic mass is 10.1. The van der Waals surface area contributed by atoms with Crippen LogP contribution in [0.15, 0.2) is 33.4 Å². The summed E-state index contributed by atoms with van der Waals surface area (Å²) < 4.78 is 1.15. The number of anilines is 1. The highest BCUT2D eigenvalue weighted by molar-refractivity contribution is 9.11. The average molecular weight is 360 g/mol. The van der Waals surface area contributed by atoms with E-state index in [9.17, 15) is 0 Å². The third kappa shape index (κ3) is 3.72. The van der Waals surface area contributed by atoms with E-state index in [2.05, 4.69) is 45.4 Å². The molecule has 0 aliphatic rings. The van der Waals surface area contributed by atoms with Gasteiger partial charge in [-0.1, -0.05) is 17.7 Å². The summed E-state index contributed by atoms with van der Waals surface area (Å²) >= 11 is 11.4. The number of benzene rings is 1. The summed E-state index contributed by atoms with van der Waals surface area (Å²) in [4.78, 5) is 2.17. The van der Waals surface area contributed by atoms with Crippen molar-refractivity contribution in [3.63, 3.8) is 0 Å². The molecule has 0 amide bonds. The number of hydrogen-bond donors (Lipinski definition) is 1. The summed E-state index contributed by atoms with van der Waals surface area (Å²) in [5, 5.41) is 2.88. The molecule has 0 aliphatic heterocycles. The molecule has 0 bridgehead atoms. The van der Waals surface area contributed by atoms with Crippen LogP contribution in [0.1, 0.15) is 24.1 Å². The SMILES string of the molecule is CC(N)c1ccc(N(C)Cc2csc(Br)c2)cc1Cl. The summed E-state index contributed by atoms with van der Waals surface area (Å²) in [6.07, 6.45) is 0. The number of nitrogens with zero attached hydrogens (tertiary/aromatic N) is 1. The molecule has 0 spiro atoms. The fraction of sp³-hybridized carbons (Fsp3) is 0.286. The second kappa shape index (κ2) is 6.27. The van der Waals surface area contributed by atoms with E-state index in [1.54, 1.807) is 11.3 Å². The topological polar surface area (TPSA) is 29.3 Å². The smallest absolute Gasteiger partial charge is 0.0701 e. The zero-order valence-corrected chi connectivity index (χ0v) is 14.0. The Kier molecular flexibility index (Phi) is 4.90. The molecule has 0 radical (unpaired) electrons. The van der Waals surface area contributed by atoms with Gasteiger partial charge >= 0.3 is 0 Å². The average Bonchev–Trinajstić information content (AvgIpc) is 2.74. The van der Waals surface area contributed by atoms with Crippen LogP contribution in [0.5, 0.6) is 0 Å². The van der Waals surface area contributed by atoms with Crippen LogP contribution >= 0.6 is 38.9 Å². The molecule has 1 unspecified atom stereocenters. The van der Waals surface area contributed by atoms with Crippen LogP contribution in [0.3, 0.4) is 0 Å². The summed E-state index contributed by atoms with van der Waals surface area (Å²) in [6, 6.07) is 8.13. The van der Waals surface area contributed by atoms with Crippen LogP contribution in [0.2, 0.25) is 5.02 Å². The van der Waals surface area contributed by atoms with E-state index in [1.165, 1.54) is 5.56 Å². The van der Waals surface area contributed by atoms with E-state index in [0.717, 1.165) is 26.6 Å². The van der Waals surface area contributed by atoms with E-state index in [1.807, 2.05) is 19.1 Å². The fourth-order valence-electron chi connectivity index (χ4n) is 1.92. The van der Waals surface area contributed by atoms with Crippen molar-refractivity contribution < 1.29 is 0 Å². The van der Waals surface area contributed by atoms with Crippen molar-refractivity contribution in [2.24, 2.45) is 5.73 Å². The fourth-order valence-corrected chi connectivity index (χ4v) is 3.46. The van der Waals surface area contributed by atoms with Gasteiger partial charge < -0.3 is 10.6 Å². The molecule has 1 aromatic carbocycles. The number of nitrogens with two attached hydrogens (primary N) is 1. The first-order valence-electron chi connectivity index (χ1n) is 5.96. The highest BCUT2D eigenvalue weighted by atomic mass is 79.9. The third-order valence-corrected chi connectivity index (χ3v) is 4.84. The van der Waals surface area contributed by atoms with Crippen molar-refractivity contribution in [3.8, 4) is 0 Å². The molecule has 1 atom stereocenters. The van der Waals surface area contributed by atoms with E-state index in [4.69, 9.17) is 17.3 Å². The Hall–Kier alpha value is -0.550. The van der Waals surface area contributed by atoms with Gasteiger partial charge in [-0.25, -0.2) is 0 Å². The molecule has 19 heavy (non-hydrogen) atoms. The molecular formula is C14H16BrClN2S. The zero-order valence-electron chi connectivity index (χ0n) is 10.9. The van der Waals surface area contributed by atoms with Crippen LogP contribution in [-0.2, 0) is 6.54 Å². The second-order valence-electron chi connectivity index (χ2n) is 4.61. The third-order valence-electron chi connectivity index (χ3n) is 2.96. The summed E-state index contributed by atoms with van der Waals surface area (Å²) in [6.45, 7) is 2.80. The molecule has 1 heterocycles. The molecule has 0 aliphatic carbocycles. The standard InChI is InChI=1S/C14H16BrClN2S/c1-9(17)12-4-3-11(6-13(12)16)18(2)7-10-5-14(15)19-8-10/h3-6,8-9H,7,17H2,1-2H3. The molecule has 5 heteroatoms. The number of thiophene rings is 1. The Morgan fingerprint density at radius 2 is 2.16 bits per heavy atom. The highest BCUT2D eigenvalue weighted by Gasteiger charge is 2.09. The predicted molar refractivity (Wildman–Crippen MR) is 88.2 cm³/mol. The quantitative estimate of drug-likeness (QED) is 0.848. The second-order valence-corrected chi connectivity index (χ2v) is 7.31. The lowest BCUT2D eigenvalue weighted by molar-refractivity contribution is 0.817. The van der Waals surface area contributed by atoms with Gasteiger partial charge in [0.25, 0.3) is 0 Å². The van der Waals surface area contributed by atoms with Crippen LogP contribution in [0, 0.1) is 0 Å². The molecule has 2 aromatic rings. The van der Waals surface area contributed by atoms with E-state index in [0.29, 0.717) is 0 Å². The minimum absolute atomic E-state index is 0.0420. The minimum atomic E-state index is -0.0420. The van der Waals surface area contributed by atoms with Crippen LogP contribution in [0.4, 0.5) is 5.69 Å². The van der Waals surface area contributed by atoms with Gasteiger partial charge in [-0.05, 0) is 57.6 Å². The van der Waals surface area contributed by atoms with Gasteiger partial charge in [-0.3, -0.25) is 0 Å². The molecule has 2 nitrogen and oxygen atoms in total. The van der Waals surface area contributed by atoms with Crippen molar-refractivity contribution in [3.05, 3.63) is 49.6 Å². The predicted octanol–water partition coefficient (Wildman–Crippen LogP) is 4.82. The Balaban J connectivity index is 2.15. The monoisotopic (exact) mass is 358 g/mol. The minimum Gasteiger partial charge on any atom is -0.370 e. The van der Waals surface area contributed by atoms with Crippen LogP contribution in [0.25, 0.3) is 0 Å². The van der Waals surface area contributed by atoms with Gasteiger partial charge in [0.2, 0.25) is 0 Å². The Bertz CT molecular complexity index is 568. The van der Waals surface area contributed by atoms with Crippen molar-refractivity contribution in [1.29, 1.82) is 0 Å². The first kappa shape index (κ1) is 14.9. The first-order chi connectivity index (χ1) is 8.97. The van der Waals surface area contributed by atoms with Gasteiger partial charge in [0.05, 0.1) is 3.79 Å². The largest absolute Gasteiger partial charge is 0.370 e. The van der Waals surface area contributed by atoms with Crippen LogP contribution < -0.4 is 10.6 Å². The van der Waals surface area contributed by atoms with Gasteiger partial charge in [0.15, 0.2) is 0 Å². The molecule has 0 saturated carbocycles. The summed E-state index contributed by atoms with van der Waals surface area (Å²) in [5.41, 5.74) is 9.23. The zero-order chi connectivity index (χ0) is 14.0. The van der Waals surface area contributed by atoms with Crippen molar-refractivity contribution >= 4 is 44.6 Å².